The number of aliphatic imine (C=N–C) groups is 1. The van der Waals surface area contributed by atoms with Crippen LogP contribution in [0.15, 0.2) is 59.6 Å². The van der Waals surface area contributed by atoms with E-state index in [0.717, 1.165) is 32.0 Å². The molecule has 1 unspecified atom stereocenters. The molecule has 2 aromatic carbocycles. The van der Waals surface area contributed by atoms with Crippen LogP contribution < -0.4 is 10.6 Å². The van der Waals surface area contributed by atoms with Crippen LogP contribution in [0.1, 0.15) is 36.1 Å². The molecule has 0 amide bonds. The Morgan fingerprint density at radius 2 is 1.68 bits per heavy atom. The monoisotopic (exact) mass is 382 g/mol. The summed E-state index contributed by atoms with van der Waals surface area (Å²) in [7, 11) is 5.98. The molecular formula is C23H34N4O. The van der Waals surface area contributed by atoms with Crippen molar-refractivity contribution in [3.05, 3.63) is 71.3 Å². The first-order valence-electron chi connectivity index (χ1n) is 9.92. The van der Waals surface area contributed by atoms with E-state index in [0.29, 0.717) is 6.61 Å². The van der Waals surface area contributed by atoms with Gasteiger partial charge in [-0.15, -0.1) is 0 Å². The van der Waals surface area contributed by atoms with E-state index in [-0.39, 0.29) is 6.10 Å². The fraction of sp³-hybridized carbons (Fsp3) is 0.435. The molecule has 5 nitrogen and oxygen atoms in total. The first-order chi connectivity index (χ1) is 13.6. The lowest BCUT2D eigenvalue weighted by atomic mass is 10.1. The van der Waals surface area contributed by atoms with Crippen molar-refractivity contribution in [2.24, 2.45) is 4.99 Å². The van der Waals surface area contributed by atoms with Gasteiger partial charge in [0.25, 0.3) is 0 Å². The van der Waals surface area contributed by atoms with Crippen LogP contribution >= 0.6 is 0 Å². The maximum absolute atomic E-state index is 5.92. The maximum atomic E-state index is 5.92. The van der Waals surface area contributed by atoms with Crippen LogP contribution in [0.4, 0.5) is 0 Å². The molecule has 152 valence electrons. The minimum Gasteiger partial charge on any atom is -0.374 e. The zero-order chi connectivity index (χ0) is 20.2. The van der Waals surface area contributed by atoms with Crippen LogP contribution in [-0.4, -0.2) is 45.2 Å². The molecule has 0 saturated carbocycles. The van der Waals surface area contributed by atoms with E-state index in [2.05, 4.69) is 77.9 Å². The molecule has 0 aliphatic heterocycles. The summed E-state index contributed by atoms with van der Waals surface area (Å²) in [5.41, 5.74) is 3.84. The third kappa shape index (κ3) is 7.71. The van der Waals surface area contributed by atoms with Gasteiger partial charge >= 0.3 is 0 Å². The van der Waals surface area contributed by atoms with Crippen LogP contribution in [0.2, 0.25) is 0 Å². The molecular weight excluding hydrogens is 348 g/mol. The Bertz CT molecular complexity index is 716. The van der Waals surface area contributed by atoms with Crippen molar-refractivity contribution in [2.75, 3.05) is 34.3 Å². The molecule has 5 heteroatoms. The number of nitrogens with one attached hydrogen (secondary N) is 2. The van der Waals surface area contributed by atoms with E-state index in [4.69, 9.17) is 4.74 Å². The quantitative estimate of drug-likeness (QED) is 0.375. The summed E-state index contributed by atoms with van der Waals surface area (Å²) < 4.78 is 5.92. The summed E-state index contributed by atoms with van der Waals surface area (Å²) in [6, 6.07) is 18.8. The normalized spacial score (nSPS) is 12.8. The SMILES string of the molecule is CN=C(NCCCOC(C)c1ccccc1)NCc1ccccc1CN(C)C. The molecule has 1 atom stereocenters. The molecule has 0 aliphatic carbocycles. The fourth-order valence-corrected chi connectivity index (χ4v) is 2.98. The molecule has 28 heavy (non-hydrogen) atoms. The zero-order valence-electron chi connectivity index (χ0n) is 17.6. The second-order valence-corrected chi connectivity index (χ2v) is 7.14. The topological polar surface area (TPSA) is 48.9 Å². The van der Waals surface area contributed by atoms with Gasteiger partial charge < -0.3 is 20.3 Å². The summed E-state index contributed by atoms with van der Waals surface area (Å²) in [5, 5.41) is 6.77. The van der Waals surface area contributed by atoms with Gasteiger partial charge in [0, 0.05) is 33.3 Å². The Hall–Kier alpha value is -2.37. The van der Waals surface area contributed by atoms with Crippen LogP contribution in [0, 0.1) is 0 Å². The van der Waals surface area contributed by atoms with Gasteiger partial charge in [-0.05, 0) is 44.1 Å². The lowest BCUT2D eigenvalue weighted by molar-refractivity contribution is 0.0646. The largest absolute Gasteiger partial charge is 0.374 e. The number of ether oxygens (including phenoxy) is 1. The van der Waals surface area contributed by atoms with Crippen molar-refractivity contribution < 1.29 is 4.74 Å². The molecule has 0 saturated heterocycles. The molecule has 2 N–H and O–H groups in total. The molecule has 0 aromatic heterocycles. The van der Waals surface area contributed by atoms with E-state index < -0.39 is 0 Å². The highest BCUT2D eigenvalue weighted by Crippen LogP contribution is 2.15. The van der Waals surface area contributed by atoms with Crippen LogP contribution in [-0.2, 0) is 17.8 Å². The standard InChI is InChI=1S/C23H34N4O/c1-19(20-11-6-5-7-12-20)28-16-10-15-25-23(24-2)26-17-21-13-8-9-14-22(21)18-27(3)4/h5-9,11-14,19H,10,15-18H2,1-4H3,(H2,24,25,26). The van der Waals surface area contributed by atoms with Gasteiger partial charge in [0.05, 0.1) is 6.10 Å². The van der Waals surface area contributed by atoms with Crippen LogP contribution in [0.3, 0.4) is 0 Å². The Morgan fingerprint density at radius 1 is 1.00 bits per heavy atom. The molecule has 0 radical (unpaired) electrons. The minimum absolute atomic E-state index is 0.117. The smallest absolute Gasteiger partial charge is 0.191 e. The highest BCUT2D eigenvalue weighted by molar-refractivity contribution is 5.79. The molecule has 0 aliphatic rings. The summed E-state index contributed by atoms with van der Waals surface area (Å²) in [4.78, 5) is 6.50. The summed E-state index contributed by atoms with van der Waals surface area (Å²) in [5.74, 6) is 0.816. The van der Waals surface area contributed by atoms with Crippen molar-refractivity contribution >= 4 is 5.96 Å². The Balaban J connectivity index is 1.69. The zero-order valence-corrected chi connectivity index (χ0v) is 17.6. The van der Waals surface area contributed by atoms with E-state index in [1.165, 1.54) is 16.7 Å². The molecule has 0 bridgehead atoms. The molecule has 0 fully saturated rings. The van der Waals surface area contributed by atoms with E-state index >= 15 is 0 Å². The second-order valence-electron chi connectivity index (χ2n) is 7.14. The van der Waals surface area contributed by atoms with E-state index in [1.54, 1.807) is 7.05 Å². The molecule has 2 aromatic rings. The van der Waals surface area contributed by atoms with Crippen molar-refractivity contribution in [1.82, 2.24) is 15.5 Å². The summed E-state index contributed by atoms with van der Waals surface area (Å²) >= 11 is 0. The highest BCUT2D eigenvalue weighted by Gasteiger charge is 2.06. The van der Waals surface area contributed by atoms with Crippen molar-refractivity contribution in [1.29, 1.82) is 0 Å². The van der Waals surface area contributed by atoms with Crippen LogP contribution in [0.25, 0.3) is 0 Å². The number of nitrogens with zero attached hydrogens (tertiary/aromatic N) is 2. The summed E-state index contributed by atoms with van der Waals surface area (Å²) in [6.07, 6.45) is 1.04. The van der Waals surface area contributed by atoms with Gasteiger partial charge in [-0.1, -0.05) is 54.6 Å². The van der Waals surface area contributed by atoms with Crippen molar-refractivity contribution in [3.8, 4) is 0 Å². The number of benzene rings is 2. The van der Waals surface area contributed by atoms with E-state index in [9.17, 15) is 0 Å². The first-order valence-corrected chi connectivity index (χ1v) is 9.92. The average molecular weight is 383 g/mol. The van der Waals surface area contributed by atoms with Crippen molar-refractivity contribution in [3.63, 3.8) is 0 Å². The molecule has 0 heterocycles. The third-order valence-electron chi connectivity index (χ3n) is 4.53. The average Bonchev–Trinajstić information content (AvgIpc) is 2.71. The number of hydrogen-bond donors (Lipinski definition) is 2. The lowest BCUT2D eigenvalue weighted by Gasteiger charge is -2.17. The number of hydrogen-bond acceptors (Lipinski definition) is 3. The maximum Gasteiger partial charge on any atom is 0.191 e. The van der Waals surface area contributed by atoms with Gasteiger partial charge in [-0.3, -0.25) is 4.99 Å². The van der Waals surface area contributed by atoms with E-state index in [1.807, 2.05) is 18.2 Å². The molecule has 0 spiro atoms. The Kier molecular flexibility index (Phi) is 9.52. The minimum atomic E-state index is 0.117. The van der Waals surface area contributed by atoms with Gasteiger partial charge in [-0.25, -0.2) is 0 Å². The van der Waals surface area contributed by atoms with Crippen molar-refractivity contribution in [2.45, 2.75) is 32.5 Å². The van der Waals surface area contributed by atoms with Gasteiger partial charge in [0.2, 0.25) is 0 Å². The highest BCUT2D eigenvalue weighted by atomic mass is 16.5. The Morgan fingerprint density at radius 3 is 2.36 bits per heavy atom. The Labute approximate surface area is 169 Å². The first kappa shape index (κ1) is 21.9. The van der Waals surface area contributed by atoms with Crippen LogP contribution in [0.5, 0.6) is 0 Å². The third-order valence-corrected chi connectivity index (χ3v) is 4.53. The second kappa shape index (κ2) is 12.2. The number of rotatable bonds is 10. The molecule has 2 rings (SSSR count). The summed E-state index contributed by atoms with van der Waals surface area (Å²) in [6.45, 7) is 5.31. The van der Waals surface area contributed by atoms with Gasteiger partial charge in [0.1, 0.15) is 0 Å². The lowest BCUT2D eigenvalue weighted by Crippen LogP contribution is -2.37. The van der Waals surface area contributed by atoms with Gasteiger partial charge in [0.15, 0.2) is 5.96 Å². The fourth-order valence-electron chi connectivity index (χ4n) is 2.98. The predicted octanol–water partition coefficient (Wildman–Crippen LogP) is 3.58. The number of guanidine groups is 1. The predicted molar refractivity (Wildman–Crippen MR) is 117 cm³/mol. The van der Waals surface area contributed by atoms with Gasteiger partial charge in [-0.2, -0.15) is 0 Å².